The van der Waals surface area contributed by atoms with Crippen LogP contribution < -0.4 is 5.73 Å². The molecular formula is C21H30NO5PS. The van der Waals surface area contributed by atoms with Gasteiger partial charge in [-0.2, -0.15) is 0 Å². The lowest BCUT2D eigenvalue weighted by atomic mass is 9.92. The first-order valence-electron chi connectivity index (χ1n) is 9.85. The molecule has 1 heterocycles. The number of ketones is 1. The van der Waals surface area contributed by atoms with Crippen LogP contribution in [0.5, 0.6) is 0 Å². The molecule has 0 unspecified atom stereocenters. The Hall–Kier alpha value is -1.34. The minimum absolute atomic E-state index is 0.161. The van der Waals surface area contributed by atoms with E-state index in [0.29, 0.717) is 25.7 Å². The standard InChI is InChI=1S/C21H30NO5PS/c1-2-21(22,16-27-28(24,25)26)15-14-18-12-13-20(29-18)19(23)11-7-6-10-17-8-4-3-5-9-17/h3-5,8-9,12-13H,2,6-7,10-11,14-16,22H2,1H3,(H2,24,25,26)/t21-/m1/s1. The van der Waals surface area contributed by atoms with Gasteiger partial charge in [-0.25, -0.2) is 4.57 Å². The number of carbonyl (C=O) groups is 1. The van der Waals surface area contributed by atoms with E-state index in [0.717, 1.165) is 29.0 Å². The van der Waals surface area contributed by atoms with Crippen LogP contribution in [0.3, 0.4) is 0 Å². The topological polar surface area (TPSA) is 110 Å². The maximum Gasteiger partial charge on any atom is 0.469 e. The van der Waals surface area contributed by atoms with Crippen molar-refractivity contribution in [1.29, 1.82) is 0 Å². The Balaban J connectivity index is 1.77. The maximum absolute atomic E-state index is 12.4. The molecule has 0 fully saturated rings. The number of thiophene rings is 1. The van der Waals surface area contributed by atoms with E-state index in [1.165, 1.54) is 16.9 Å². The van der Waals surface area contributed by atoms with Crippen LogP contribution >= 0.6 is 19.2 Å². The molecule has 0 radical (unpaired) electrons. The van der Waals surface area contributed by atoms with Crippen molar-refractivity contribution in [2.75, 3.05) is 6.61 Å². The third-order valence-electron chi connectivity index (χ3n) is 4.99. The fourth-order valence-corrected chi connectivity index (χ4v) is 4.38. The molecule has 6 nitrogen and oxygen atoms in total. The Morgan fingerprint density at radius 2 is 1.86 bits per heavy atom. The number of Topliss-reactive ketones (excluding diaryl/α,β-unsaturated/α-hetero) is 1. The highest BCUT2D eigenvalue weighted by Crippen LogP contribution is 2.37. The average molecular weight is 440 g/mol. The summed E-state index contributed by atoms with van der Waals surface area (Å²) in [5, 5.41) is 0. The van der Waals surface area contributed by atoms with Crippen LogP contribution in [0.2, 0.25) is 0 Å². The number of hydrogen-bond acceptors (Lipinski definition) is 5. The Labute approximate surface area is 176 Å². The van der Waals surface area contributed by atoms with Crippen LogP contribution in [0.4, 0.5) is 0 Å². The van der Waals surface area contributed by atoms with Gasteiger partial charge in [0.1, 0.15) is 0 Å². The Kier molecular flexibility index (Phi) is 9.21. The molecule has 0 amide bonds. The number of phosphoric ester groups is 1. The Morgan fingerprint density at radius 3 is 2.52 bits per heavy atom. The lowest BCUT2D eigenvalue weighted by Crippen LogP contribution is -2.44. The molecule has 1 aromatic heterocycles. The van der Waals surface area contributed by atoms with Crippen molar-refractivity contribution in [3.63, 3.8) is 0 Å². The lowest BCUT2D eigenvalue weighted by molar-refractivity contribution is 0.0983. The number of carbonyl (C=O) groups excluding carboxylic acids is 1. The van der Waals surface area contributed by atoms with E-state index in [-0.39, 0.29) is 12.4 Å². The largest absolute Gasteiger partial charge is 0.469 e. The smallest absolute Gasteiger partial charge is 0.323 e. The number of aryl methyl sites for hydroxylation is 2. The highest BCUT2D eigenvalue weighted by atomic mass is 32.1. The normalized spacial score (nSPS) is 13.9. The molecule has 1 atom stereocenters. The molecule has 160 valence electrons. The third-order valence-corrected chi connectivity index (χ3v) is 6.64. The maximum atomic E-state index is 12.4. The predicted molar refractivity (Wildman–Crippen MR) is 116 cm³/mol. The molecule has 2 rings (SSSR count). The second-order valence-electron chi connectivity index (χ2n) is 7.36. The molecule has 4 N–H and O–H groups in total. The van der Waals surface area contributed by atoms with Crippen LogP contribution in [0.25, 0.3) is 0 Å². The van der Waals surface area contributed by atoms with E-state index < -0.39 is 13.4 Å². The van der Waals surface area contributed by atoms with Gasteiger partial charge in [-0.1, -0.05) is 37.3 Å². The van der Waals surface area contributed by atoms with Crippen LogP contribution in [-0.2, 0) is 21.9 Å². The van der Waals surface area contributed by atoms with Crippen molar-refractivity contribution in [1.82, 2.24) is 0 Å². The van der Waals surface area contributed by atoms with Gasteiger partial charge in [-0.3, -0.25) is 9.32 Å². The van der Waals surface area contributed by atoms with Crippen molar-refractivity contribution in [2.45, 2.75) is 57.4 Å². The molecule has 1 aromatic carbocycles. The summed E-state index contributed by atoms with van der Waals surface area (Å²) in [7, 11) is -4.54. The molecule has 0 aliphatic heterocycles. The molecule has 0 aliphatic rings. The van der Waals surface area contributed by atoms with Gasteiger partial charge in [-0.05, 0) is 56.2 Å². The van der Waals surface area contributed by atoms with Gasteiger partial charge in [0.15, 0.2) is 5.78 Å². The van der Waals surface area contributed by atoms with Crippen LogP contribution in [-0.4, -0.2) is 27.7 Å². The molecule has 0 saturated carbocycles. The summed E-state index contributed by atoms with van der Waals surface area (Å²) in [6, 6.07) is 14.1. The first-order chi connectivity index (χ1) is 13.7. The number of hydrogen-bond donors (Lipinski definition) is 3. The zero-order valence-corrected chi connectivity index (χ0v) is 18.5. The predicted octanol–water partition coefficient (Wildman–Crippen LogP) is 4.49. The van der Waals surface area contributed by atoms with E-state index >= 15 is 0 Å². The van der Waals surface area contributed by atoms with Gasteiger partial charge in [0.2, 0.25) is 0 Å². The first kappa shape index (κ1) is 23.9. The van der Waals surface area contributed by atoms with E-state index in [4.69, 9.17) is 15.5 Å². The monoisotopic (exact) mass is 439 g/mol. The number of phosphoric acid groups is 1. The summed E-state index contributed by atoms with van der Waals surface area (Å²) in [4.78, 5) is 32.0. The third kappa shape index (κ3) is 8.91. The van der Waals surface area contributed by atoms with E-state index in [1.807, 2.05) is 37.3 Å². The molecular weight excluding hydrogens is 409 g/mol. The number of nitrogens with two attached hydrogens (primary N) is 1. The molecule has 29 heavy (non-hydrogen) atoms. The minimum atomic E-state index is -4.54. The SMILES string of the molecule is CC[C@@](N)(CCc1ccc(C(=O)CCCCc2ccccc2)s1)COP(=O)(O)O. The summed E-state index contributed by atoms with van der Waals surface area (Å²) in [6.07, 6.45) is 5.07. The highest BCUT2D eigenvalue weighted by Gasteiger charge is 2.27. The van der Waals surface area contributed by atoms with Gasteiger partial charge in [-0.15, -0.1) is 11.3 Å². The molecule has 8 heteroatoms. The van der Waals surface area contributed by atoms with E-state index in [1.54, 1.807) is 0 Å². The first-order valence-corrected chi connectivity index (χ1v) is 12.2. The molecule has 0 saturated heterocycles. The Morgan fingerprint density at radius 1 is 1.14 bits per heavy atom. The summed E-state index contributed by atoms with van der Waals surface area (Å²) >= 11 is 1.47. The molecule has 0 aliphatic carbocycles. The highest BCUT2D eigenvalue weighted by molar-refractivity contribution is 7.46. The minimum Gasteiger partial charge on any atom is -0.323 e. The van der Waals surface area contributed by atoms with E-state index in [2.05, 4.69) is 16.7 Å². The van der Waals surface area contributed by atoms with Crippen molar-refractivity contribution >= 4 is 24.9 Å². The molecule has 0 spiro atoms. The van der Waals surface area contributed by atoms with Crippen LogP contribution in [0.1, 0.15) is 59.1 Å². The quantitative estimate of drug-likeness (QED) is 0.241. The fourth-order valence-electron chi connectivity index (χ4n) is 2.98. The van der Waals surface area contributed by atoms with Gasteiger partial charge in [0, 0.05) is 16.8 Å². The van der Waals surface area contributed by atoms with Gasteiger partial charge in [0.05, 0.1) is 11.5 Å². The second-order valence-corrected chi connectivity index (χ2v) is 9.77. The van der Waals surface area contributed by atoms with E-state index in [9.17, 15) is 9.36 Å². The number of benzene rings is 1. The van der Waals surface area contributed by atoms with Crippen molar-refractivity contribution in [3.8, 4) is 0 Å². The zero-order valence-electron chi connectivity index (χ0n) is 16.8. The summed E-state index contributed by atoms with van der Waals surface area (Å²) in [6.45, 7) is 1.66. The summed E-state index contributed by atoms with van der Waals surface area (Å²) in [5.74, 6) is 0.161. The average Bonchev–Trinajstić information content (AvgIpc) is 3.18. The van der Waals surface area contributed by atoms with Gasteiger partial charge < -0.3 is 15.5 Å². The summed E-state index contributed by atoms with van der Waals surface area (Å²) in [5.41, 5.74) is 6.70. The fraction of sp³-hybridized carbons (Fsp3) is 0.476. The lowest BCUT2D eigenvalue weighted by Gasteiger charge is -2.27. The second kappa shape index (κ2) is 11.2. The van der Waals surface area contributed by atoms with Crippen LogP contribution in [0.15, 0.2) is 42.5 Å². The number of unbranched alkanes of at least 4 members (excludes halogenated alkanes) is 1. The van der Waals surface area contributed by atoms with Gasteiger partial charge in [0.25, 0.3) is 0 Å². The van der Waals surface area contributed by atoms with Crippen LogP contribution in [0, 0.1) is 0 Å². The van der Waals surface area contributed by atoms with Crippen molar-refractivity contribution < 1.29 is 23.7 Å². The van der Waals surface area contributed by atoms with Crippen molar-refractivity contribution in [2.24, 2.45) is 5.73 Å². The summed E-state index contributed by atoms with van der Waals surface area (Å²) < 4.78 is 15.5. The van der Waals surface area contributed by atoms with Gasteiger partial charge >= 0.3 is 7.82 Å². The Bertz CT molecular complexity index is 819. The molecule has 2 aromatic rings. The zero-order chi connectivity index (χ0) is 21.3. The number of rotatable bonds is 13. The molecule has 0 bridgehead atoms. The van der Waals surface area contributed by atoms with Crippen molar-refractivity contribution in [3.05, 3.63) is 57.8 Å².